The predicted molar refractivity (Wildman–Crippen MR) is 129 cm³/mol. The van der Waals surface area contributed by atoms with Crippen molar-refractivity contribution in [2.45, 2.75) is 32.1 Å². The first-order valence-corrected chi connectivity index (χ1v) is 11.3. The molecule has 8 nitrogen and oxygen atoms in total. The van der Waals surface area contributed by atoms with Crippen molar-refractivity contribution in [1.82, 2.24) is 15.3 Å². The number of benzene rings is 1. The van der Waals surface area contributed by atoms with Gasteiger partial charge < -0.3 is 21.3 Å². The van der Waals surface area contributed by atoms with Crippen molar-refractivity contribution in [3.05, 3.63) is 52.0 Å². The second-order valence-electron chi connectivity index (χ2n) is 8.08. The van der Waals surface area contributed by atoms with E-state index in [1.54, 1.807) is 13.1 Å². The van der Waals surface area contributed by atoms with E-state index in [0.29, 0.717) is 33.8 Å². The molecular formula is C22H23ClN6O2S. The van der Waals surface area contributed by atoms with E-state index in [-0.39, 0.29) is 17.2 Å². The van der Waals surface area contributed by atoms with Crippen LogP contribution in [0.1, 0.15) is 42.6 Å². The lowest BCUT2D eigenvalue weighted by atomic mass is 9.80. The van der Waals surface area contributed by atoms with Crippen molar-refractivity contribution in [3.63, 3.8) is 0 Å². The third-order valence-electron chi connectivity index (χ3n) is 5.37. The Morgan fingerprint density at radius 1 is 1.25 bits per heavy atom. The molecule has 0 fully saturated rings. The number of fused-ring (bicyclic) bond motifs is 1. The Morgan fingerprint density at radius 3 is 2.84 bits per heavy atom. The zero-order valence-corrected chi connectivity index (χ0v) is 19.4. The summed E-state index contributed by atoms with van der Waals surface area (Å²) >= 11 is 7.66. The van der Waals surface area contributed by atoms with Crippen LogP contribution in [0.15, 0.2) is 35.8 Å². The van der Waals surface area contributed by atoms with Crippen LogP contribution in [-0.2, 0) is 10.2 Å². The maximum atomic E-state index is 12.1. The van der Waals surface area contributed by atoms with Gasteiger partial charge in [0.2, 0.25) is 11.9 Å². The van der Waals surface area contributed by atoms with Gasteiger partial charge in [-0.25, -0.2) is 4.98 Å². The Bertz CT molecular complexity index is 1190. The first-order chi connectivity index (χ1) is 15.3. The molecular weight excluding hydrogens is 448 g/mol. The SMILES string of the molecule is CNC(=O)c1ccsc1Nc1nc(Nc2ccc3c(c2)NC(=O)CCC3(C)C)ncc1Cl. The van der Waals surface area contributed by atoms with Crippen LogP contribution in [-0.4, -0.2) is 28.8 Å². The lowest BCUT2D eigenvalue weighted by Crippen LogP contribution is -2.18. The fraction of sp³-hybridized carbons (Fsp3) is 0.273. The monoisotopic (exact) mass is 470 g/mol. The molecule has 2 aromatic heterocycles. The number of hydrogen-bond acceptors (Lipinski definition) is 7. The number of aromatic nitrogens is 2. The molecule has 3 aromatic rings. The van der Waals surface area contributed by atoms with Gasteiger partial charge in [0.1, 0.15) is 10.0 Å². The van der Waals surface area contributed by atoms with Gasteiger partial charge in [-0.1, -0.05) is 31.5 Å². The molecule has 0 radical (unpaired) electrons. The Hall–Kier alpha value is -3.17. The molecule has 3 heterocycles. The van der Waals surface area contributed by atoms with Crippen LogP contribution < -0.4 is 21.3 Å². The standard InChI is InChI=1S/C22H23ClN6O2S/c1-22(2)8-6-17(30)27-16-10-12(4-5-14(16)22)26-21-25-11-15(23)18(29-21)28-20-13(7-9-32-20)19(31)24-3/h4-5,7,9-11H,6,8H2,1-3H3,(H,24,31)(H,27,30)(H2,25,26,28,29). The maximum absolute atomic E-state index is 12.1. The van der Waals surface area contributed by atoms with Gasteiger partial charge in [0, 0.05) is 24.8 Å². The third kappa shape index (κ3) is 4.53. The van der Waals surface area contributed by atoms with Gasteiger partial charge in [0.05, 0.1) is 11.8 Å². The van der Waals surface area contributed by atoms with Crippen LogP contribution in [0.2, 0.25) is 5.02 Å². The van der Waals surface area contributed by atoms with E-state index >= 15 is 0 Å². The van der Waals surface area contributed by atoms with Crippen molar-refractivity contribution in [2.75, 3.05) is 23.0 Å². The molecule has 166 valence electrons. The summed E-state index contributed by atoms with van der Waals surface area (Å²) in [4.78, 5) is 32.9. The molecule has 1 aliphatic heterocycles. The van der Waals surface area contributed by atoms with Crippen molar-refractivity contribution >= 4 is 62.9 Å². The van der Waals surface area contributed by atoms with Gasteiger partial charge >= 0.3 is 0 Å². The molecule has 0 spiro atoms. The Morgan fingerprint density at radius 2 is 2.06 bits per heavy atom. The number of amides is 2. The molecule has 0 bridgehead atoms. The van der Waals surface area contributed by atoms with E-state index in [0.717, 1.165) is 23.4 Å². The van der Waals surface area contributed by atoms with Gasteiger partial charge in [-0.2, -0.15) is 4.98 Å². The molecule has 0 saturated carbocycles. The fourth-order valence-electron chi connectivity index (χ4n) is 3.56. The minimum absolute atomic E-state index is 0.00562. The lowest BCUT2D eigenvalue weighted by molar-refractivity contribution is -0.116. The molecule has 0 atom stereocenters. The Balaban J connectivity index is 1.59. The molecule has 4 rings (SSSR count). The second kappa shape index (κ2) is 8.76. The van der Waals surface area contributed by atoms with Gasteiger partial charge in [-0.05, 0) is 41.0 Å². The average Bonchev–Trinajstić information content (AvgIpc) is 3.18. The molecule has 10 heteroatoms. The van der Waals surface area contributed by atoms with Gasteiger partial charge in [0.15, 0.2) is 5.82 Å². The van der Waals surface area contributed by atoms with Crippen LogP contribution in [0.25, 0.3) is 0 Å². The number of halogens is 1. The van der Waals surface area contributed by atoms with Gasteiger partial charge in [0.25, 0.3) is 5.91 Å². The summed E-state index contributed by atoms with van der Waals surface area (Å²) in [5, 5.41) is 14.6. The largest absolute Gasteiger partial charge is 0.355 e. The summed E-state index contributed by atoms with van der Waals surface area (Å²) in [6.45, 7) is 4.27. The topological polar surface area (TPSA) is 108 Å². The number of rotatable bonds is 5. The number of carbonyl (C=O) groups excluding carboxylic acids is 2. The van der Waals surface area contributed by atoms with Crippen LogP contribution in [0, 0.1) is 0 Å². The van der Waals surface area contributed by atoms with E-state index in [2.05, 4.69) is 45.1 Å². The molecule has 0 aliphatic carbocycles. The minimum atomic E-state index is -0.202. The number of anilines is 5. The number of carbonyl (C=O) groups is 2. The summed E-state index contributed by atoms with van der Waals surface area (Å²) < 4.78 is 0. The fourth-order valence-corrected chi connectivity index (χ4v) is 4.48. The lowest BCUT2D eigenvalue weighted by Gasteiger charge is -2.24. The van der Waals surface area contributed by atoms with E-state index in [9.17, 15) is 9.59 Å². The summed E-state index contributed by atoms with van der Waals surface area (Å²) in [6.07, 6.45) is 2.76. The molecule has 2 amide bonds. The molecule has 1 aromatic carbocycles. The van der Waals surface area contributed by atoms with Gasteiger partial charge in [-0.3, -0.25) is 9.59 Å². The average molecular weight is 471 g/mol. The van der Waals surface area contributed by atoms with Crippen molar-refractivity contribution in [1.29, 1.82) is 0 Å². The zero-order valence-electron chi connectivity index (χ0n) is 17.9. The first-order valence-electron chi connectivity index (χ1n) is 10.1. The van der Waals surface area contributed by atoms with Gasteiger partial charge in [-0.15, -0.1) is 11.3 Å². The highest BCUT2D eigenvalue weighted by molar-refractivity contribution is 7.14. The number of hydrogen-bond donors (Lipinski definition) is 4. The predicted octanol–water partition coefficient (Wildman–Crippen LogP) is 5.05. The zero-order chi connectivity index (χ0) is 22.9. The van der Waals surface area contributed by atoms with E-state index < -0.39 is 0 Å². The van der Waals surface area contributed by atoms with Crippen LogP contribution >= 0.6 is 22.9 Å². The summed E-state index contributed by atoms with van der Waals surface area (Å²) in [6, 6.07) is 7.56. The maximum Gasteiger partial charge on any atom is 0.254 e. The Labute approximate surface area is 194 Å². The van der Waals surface area contributed by atoms with Crippen molar-refractivity contribution < 1.29 is 9.59 Å². The molecule has 0 unspecified atom stereocenters. The Kier molecular flexibility index (Phi) is 6.03. The van der Waals surface area contributed by atoms with Crippen LogP contribution in [0.4, 0.5) is 28.1 Å². The highest BCUT2D eigenvalue weighted by Gasteiger charge is 2.28. The number of thiophene rings is 1. The smallest absolute Gasteiger partial charge is 0.254 e. The summed E-state index contributed by atoms with van der Waals surface area (Å²) in [5.74, 6) is 0.508. The van der Waals surface area contributed by atoms with Crippen molar-refractivity contribution in [3.8, 4) is 0 Å². The number of nitrogens with one attached hydrogen (secondary N) is 4. The van der Waals surface area contributed by atoms with Crippen LogP contribution in [0.3, 0.4) is 0 Å². The quantitative estimate of drug-likeness (QED) is 0.415. The molecule has 1 aliphatic rings. The second-order valence-corrected chi connectivity index (χ2v) is 9.40. The van der Waals surface area contributed by atoms with E-state index in [1.807, 2.05) is 23.6 Å². The third-order valence-corrected chi connectivity index (χ3v) is 6.48. The number of nitrogens with zero attached hydrogens (tertiary/aromatic N) is 2. The summed E-state index contributed by atoms with van der Waals surface area (Å²) in [7, 11) is 1.58. The minimum Gasteiger partial charge on any atom is -0.355 e. The molecule has 32 heavy (non-hydrogen) atoms. The molecule has 4 N–H and O–H groups in total. The highest BCUT2D eigenvalue weighted by Crippen LogP contribution is 2.38. The normalized spacial score (nSPS) is 14.7. The summed E-state index contributed by atoms with van der Waals surface area (Å²) in [5.41, 5.74) is 3.00. The highest BCUT2D eigenvalue weighted by atomic mass is 35.5. The van der Waals surface area contributed by atoms with Crippen molar-refractivity contribution in [2.24, 2.45) is 0 Å². The first kappa shape index (κ1) is 22.0. The van der Waals surface area contributed by atoms with E-state index in [1.165, 1.54) is 17.5 Å². The molecule has 0 saturated heterocycles. The van der Waals surface area contributed by atoms with Crippen LogP contribution in [0.5, 0.6) is 0 Å². The van der Waals surface area contributed by atoms with E-state index in [4.69, 9.17) is 11.6 Å².